The predicted molar refractivity (Wildman–Crippen MR) is 43.4 cm³/mol. The number of nitrogens with zero attached hydrogens (tertiary/aromatic N) is 3. The zero-order valence-corrected chi connectivity index (χ0v) is 7.58. The number of ether oxygens (including phenoxy) is 1. The lowest BCUT2D eigenvalue weighted by atomic mass is 10.6. The molecule has 1 aromatic rings. The quantitative estimate of drug-likeness (QED) is 0.597. The van der Waals surface area contributed by atoms with Gasteiger partial charge in [-0.2, -0.15) is 17.8 Å². The molecule has 0 fully saturated rings. The SMILES string of the molecule is CCOC=Nn1c(C(F)(F)F)n[nH]c1=O. The molecule has 0 saturated heterocycles. The van der Waals surface area contributed by atoms with Crippen LogP contribution in [0.25, 0.3) is 0 Å². The summed E-state index contributed by atoms with van der Waals surface area (Å²) < 4.78 is 41.3. The standard InChI is InChI=1S/C6H7F3N4O2/c1-2-15-3-10-13-4(6(7,8)9)11-12-5(13)14/h3H,2H2,1H3,(H,12,14). The Morgan fingerprint density at radius 3 is 2.87 bits per heavy atom. The number of nitrogens with one attached hydrogen (secondary N) is 1. The largest absolute Gasteiger partial charge is 0.482 e. The first-order valence-electron chi connectivity index (χ1n) is 3.86. The summed E-state index contributed by atoms with van der Waals surface area (Å²) in [6, 6.07) is 0. The fraction of sp³-hybridized carbons (Fsp3) is 0.500. The van der Waals surface area contributed by atoms with Crippen LogP contribution >= 0.6 is 0 Å². The summed E-state index contributed by atoms with van der Waals surface area (Å²) in [5, 5.41) is 7.60. The van der Waals surface area contributed by atoms with Crippen molar-refractivity contribution in [3.05, 3.63) is 16.3 Å². The van der Waals surface area contributed by atoms with E-state index >= 15 is 0 Å². The van der Waals surface area contributed by atoms with E-state index in [0.29, 0.717) is 0 Å². The van der Waals surface area contributed by atoms with Gasteiger partial charge in [-0.25, -0.2) is 9.89 Å². The van der Waals surface area contributed by atoms with Crippen LogP contribution in [0.3, 0.4) is 0 Å². The van der Waals surface area contributed by atoms with Crippen molar-refractivity contribution in [3.63, 3.8) is 0 Å². The minimum Gasteiger partial charge on any atom is -0.482 e. The lowest BCUT2D eigenvalue weighted by Crippen LogP contribution is -2.20. The Balaban J connectivity index is 3.06. The van der Waals surface area contributed by atoms with E-state index in [1.165, 1.54) is 0 Å². The smallest absolute Gasteiger partial charge is 0.453 e. The van der Waals surface area contributed by atoms with Gasteiger partial charge in [-0.15, -0.1) is 10.2 Å². The van der Waals surface area contributed by atoms with Crippen LogP contribution in [0.5, 0.6) is 0 Å². The summed E-state index contributed by atoms with van der Waals surface area (Å²) in [4.78, 5) is 10.9. The van der Waals surface area contributed by atoms with Crippen LogP contribution < -0.4 is 5.69 Å². The van der Waals surface area contributed by atoms with Gasteiger partial charge in [-0.05, 0) is 6.92 Å². The molecule has 1 rings (SSSR count). The lowest BCUT2D eigenvalue weighted by Gasteiger charge is -2.02. The first-order valence-corrected chi connectivity index (χ1v) is 3.86. The molecule has 0 unspecified atom stereocenters. The molecule has 84 valence electrons. The van der Waals surface area contributed by atoms with Gasteiger partial charge in [0, 0.05) is 0 Å². The number of H-pyrrole nitrogens is 1. The molecule has 0 radical (unpaired) electrons. The molecule has 0 saturated carbocycles. The van der Waals surface area contributed by atoms with Crippen molar-refractivity contribution in [1.82, 2.24) is 14.9 Å². The first kappa shape index (κ1) is 11.3. The van der Waals surface area contributed by atoms with E-state index < -0.39 is 17.7 Å². The van der Waals surface area contributed by atoms with Gasteiger partial charge in [0.15, 0.2) is 6.40 Å². The van der Waals surface area contributed by atoms with E-state index in [9.17, 15) is 18.0 Å². The van der Waals surface area contributed by atoms with E-state index in [1.807, 2.05) is 0 Å². The molecule has 0 aliphatic carbocycles. The molecule has 6 nitrogen and oxygen atoms in total. The molecule has 1 aromatic heterocycles. The Morgan fingerprint density at radius 1 is 1.67 bits per heavy atom. The highest BCUT2D eigenvalue weighted by molar-refractivity contribution is 5.45. The van der Waals surface area contributed by atoms with Crippen LogP contribution in [0.15, 0.2) is 9.90 Å². The van der Waals surface area contributed by atoms with Crippen LogP contribution in [0.1, 0.15) is 12.7 Å². The molecular formula is C6H7F3N4O2. The minimum absolute atomic E-state index is 0.0790. The molecule has 1 N–H and O–H groups in total. The third kappa shape index (κ3) is 2.58. The molecule has 0 aliphatic heterocycles. The van der Waals surface area contributed by atoms with Crippen molar-refractivity contribution in [2.24, 2.45) is 5.10 Å². The third-order valence-corrected chi connectivity index (χ3v) is 1.31. The summed E-state index contributed by atoms with van der Waals surface area (Å²) in [7, 11) is 0. The van der Waals surface area contributed by atoms with Crippen molar-refractivity contribution >= 4 is 6.40 Å². The highest BCUT2D eigenvalue weighted by Gasteiger charge is 2.38. The Hall–Kier alpha value is -1.80. The van der Waals surface area contributed by atoms with Crippen molar-refractivity contribution in [2.45, 2.75) is 13.1 Å². The van der Waals surface area contributed by atoms with Crippen LogP contribution in [-0.4, -0.2) is 27.9 Å². The van der Waals surface area contributed by atoms with Gasteiger partial charge in [0.25, 0.3) is 5.82 Å². The number of rotatable bonds is 3. The highest BCUT2D eigenvalue weighted by atomic mass is 19.4. The van der Waals surface area contributed by atoms with Gasteiger partial charge in [-0.1, -0.05) is 0 Å². The second-order valence-electron chi connectivity index (χ2n) is 2.34. The van der Waals surface area contributed by atoms with E-state index in [0.717, 1.165) is 6.40 Å². The van der Waals surface area contributed by atoms with Crippen LogP contribution in [0, 0.1) is 0 Å². The van der Waals surface area contributed by atoms with E-state index in [-0.39, 0.29) is 11.3 Å². The Kier molecular flexibility index (Phi) is 3.12. The molecule has 0 aliphatic rings. The van der Waals surface area contributed by atoms with E-state index in [2.05, 4.69) is 14.9 Å². The van der Waals surface area contributed by atoms with E-state index in [1.54, 1.807) is 12.0 Å². The average Bonchev–Trinajstić information content (AvgIpc) is 2.48. The summed E-state index contributed by atoms with van der Waals surface area (Å²) in [6.45, 7) is 1.85. The summed E-state index contributed by atoms with van der Waals surface area (Å²) in [5.74, 6) is -1.43. The average molecular weight is 224 g/mol. The number of alkyl halides is 3. The molecule has 0 amide bonds. The molecule has 0 bridgehead atoms. The summed E-state index contributed by atoms with van der Waals surface area (Å²) >= 11 is 0. The van der Waals surface area contributed by atoms with E-state index in [4.69, 9.17) is 0 Å². The predicted octanol–water partition coefficient (Wildman–Crippen LogP) is 0.418. The number of hydrogen-bond acceptors (Lipinski definition) is 4. The Labute approximate surface area is 81.4 Å². The molecule has 0 spiro atoms. The van der Waals surface area contributed by atoms with Gasteiger partial charge in [0.1, 0.15) is 0 Å². The van der Waals surface area contributed by atoms with Crippen LogP contribution in [-0.2, 0) is 10.9 Å². The topological polar surface area (TPSA) is 72.3 Å². The molecule has 9 heteroatoms. The van der Waals surface area contributed by atoms with Gasteiger partial charge in [0.05, 0.1) is 6.61 Å². The molecule has 0 atom stereocenters. The maximum atomic E-state index is 12.2. The fourth-order valence-corrected chi connectivity index (χ4v) is 0.737. The minimum atomic E-state index is -4.75. The molecule has 1 heterocycles. The number of hydrogen-bond donors (Lipinski definition) is 1. The molecular weight excluding hydrogens is 217 g/mol. The van der Waals surface area contributed by atoms with Gasteiger partial charge in [0.2, 0.25) is 0 Å². The summed E-state index contributed by atoms with van der Waals surface area (Å²) in [6.07, 6.45) is -4.01. The van der Waals surface area contributed by atoms with Crippen molar-refractivity contribution < 1.29 is 17.9 Å². The fourth-order valence-electron chi connectivity index (χ4n) is 0.737. The van der Waals surface area contributed by atoms with Crippen molar-refractivity contribution in [1.29, 1.82) is 0 Å². The third-order valence-electron chi connectivity index (χ3n) is 1.31. The van der Waals surface area contributed by atoms with Crippen molar-refractivity contribution in [2.75, 3.05) is 6.61 Å². The maximum absolute atomic E-state index is 12.2. The molecule has 15 heavy (non-hydrogen) atoms. The zero-order valence-electron chi connectivity index (χ0n) is 7.58. The number of aromatic amines is 1. The first-order chi connectivity index (χ1) is 6.96. The van der Waals surface area contributed by atoms with Crippen LogP contribution in [0.2, 0.25) is 0 Å². The normalized spacial score (nSPS) is 12.3. The number of aromatic nitrogens is 3. The summed E-state index contributed by atoms with van der Waals surface area (Å²) in [5.41, 5.74) is -1.08. The highest BCUT2D eigenvalue weighted by Crippen LogP contribution is 2.25. The monoisotopic (exact) mass is 224 g/mol. The number of halogens is 3. The van der Waals surface area contributed by atoms with Crippen molar-refractivity contribution in [3.8, 4) is 0 Å². The second-order valence-corrected chi connectivity index (χ2v) is 2.34. The second kappa shape index (κ2) is 4.15. The van der Waals surface area contributed by atoms with Gasteiger partial charge in [-0.3, -0.25) is 0 Å². The van der Waals surface area contributed by atoms with Gasteiger partial charge >= 0.3 is 11.9 Å². The maximum Gasteiger partial charge on any atom is 0.453 e. The Bertz CT molecular complexity index is 405. The van der Waals surface area contributed by atoms with Gasteiger partial charge < -0.3 is 4.74 Å². The molecule has 0 aromatic carbocycles. The zero-order chi connectivity index (χ0) is 11.5. The van der Waals surface area contributed by atoms with Crippen LogP contribution in [0.4, 0.5) is 13.2 Å². The Morgan fingerprint density at radius 2 is 2.33 bits per heavy atom. The lowest BCUT2D eigenvalue weighted by molar-refractivity contribution is -0.147.